The molecule has 0 amide bonds. The second kappa shape index (κ2) is 5.55. The molecule has 1 aromatic carbocycles. The summed E-state index contributed by atoms with van der Waals surface area (Å²) in [5.74, 6) is 0.0175. The molecule has 5 heteroatoms. The first-order valence-corrected chi connectivity index (χ1v) is 6.09. The molecule has 21 heavy (non-hydrogen) atoms. The van der Waals surface area contributed by atoms with Gasteiger partial charge in [0, 0.05) is 6.42 Å². The molecule has 1 atom stereocenters. The molecule has 0 spiro atoms. The van der Waals surface area contributed by atoms with Gasteiger partial charge in [0.1, 0.15) is 11.3 Å². The van der Waals surface area contributed by atoms with E-state index in [0.29, 0.717) is 6.42 Å². The van der Waals surface area contributed by atoms with E-state index in [1.54, 1.807) is 24.3 Å². The highest BCUT2D eigenvalue weighted by Crippen LogP contribution is 2.29. The van der Waals surface area contributed by atoms with E-state index < -0.39 is 17.5 Å². The van der Waals surface area contributed by atoms with Gasteiger partial charge >= 0.3 is 11.9 Å². The first-order valence-electron chi connectivity index (χ1n) is 6.09. The average Bonchev–Trinajstić information content (AvgIpc) is 2.47. The van der Waals surface area contributed by atoms with Gasteiger partial charge in [-0.3, -0.25) is 0 Å². The van der Waals surface area contributed by atoms with Crippen molar-refractivity contribution in [2.24, 2.45) is 0 Å². The summed E-state index contributed by atoms with van der Waals surface area (Å²) >= 11 is 0. The molecule has 0 radical (unpaired) electrons. The second-order valence-electron chi connectivity index (χ2n) is 4.45. The van der Waals surface area contributed by atoms with E-state index in [1.807, 2.05) is 0 Å². The SMILES string of the molecule is C#CC1(Oc2cc(C(=O)O)ccc2C(=O)O)C=CC=CC1. The summed E-state index contributed by atoms with van der Waals surface area (Å²) in [6, 6.07) is 3.56. The van der Waals surface area contributed by atoms with E-state index in [4.69, 9.17) is 16.3 Å². The lowest BCUT2D eigenvalue weighted by molar-refractivity contribution is 0.0672. The number of terminal acetylenes is 1. The highest BCUT2D eigenvalue weighted by molar-refractivity contribution is 5.94. The molecule has 2 rings (SSSR count). The first kappa shape index (κ1) is 14.4. The molecule has 0 saturated carbocycles. The minimum absolute atomic E-state index is 0.0692. The fourth-order valence-electron chi connectivity index (χ4n) is 1.93. The Labute approximate surface area is 121 Å². The van der Waals surface area contributed by atoms with Gasteiger partial charge in [-0.05, 0) is 24.3 Å². The normalized spacial score (nSPS) is 19.8. The van der Waals surface area contributed by atoms with Crippen LogP contribution < -0.4 is 4.74 Å². The van der Waals surface area contributed by atoms with Gasteiger partial charge in [0.2, 0.25) is 0 Å². The van der Waals surface area contributed by atoms with Crippen molar-refractivity contribution in [1.29, 1.82) is 0 Å². The molecule has 0 heterocycles. The maximum absolute atomic E-state index is 11.2. The molecule has 0 aromatic heterocycles. The van der Waals surface area contributed by atoms with E-state index in [9.17, 15) is 14.7 Å². The summed E-state index contributed by atoms with van der Waals surface area (Å²) < 4.78 is 5.66. The number of carbonyl (C=O) groups is 2. The van der Waals surface area contributed by atoms with Crippen LogP contribution in [0.3, 0.4) is 0 Å². The standard InChI is InChI=1S/C16H12O5/c1-2-16(8-4-3-5-9-16)21-13-10-11(14(17)18)6-7-12(13)15(19)20/h1,3-8,10H,9H2,(H,17,18)(H,19,20). The Morgan fingerprint density at radius 2 is 2.00 bits per heavy atom. The Morgan fingerprint density at radius 1 is 1.24 bits per heavy atom. The van der Waals surface area contributed by atoms with E-state index in [-0.39, 0.29) is 16.9 Å². The lowest BCUT2D eigenvalue weighted by atomic mass is 9.95. The van der Waals surface area contributed by atoms with Crippen molar-refractivity contribution < 1.29 is 24.5 Å². The Hall–Kier alpha value is -3.00. The molecular formula is C16H12O5. The smallest absolute Gasteiger partial charge is 0.339 e. The molecule has 0 saturated heterocycles. The Morgan fingerprint density at radius 3 is 2.52 bits per heavy atom. The van der Waals surface area contributed by atoms with Crippen LogP contribution in [-0.2, 0) is 0 Å². The summed E-state index contributed by atoms with van der Waals surface area (Å²) in [6.07, 6.45) is 12.8. The van der Waals surface area contributed by atoms with Crippen molar-refractivity contribution in [1.82, 2.24) is 0 Å². The zero-order valence-electron chi connectivity index (χ0n) is 10.9. The van der Waals surface area contributed by atoms with Gasteiger partial charge in [-0.25, -0.2) is 9.59 Å². The third-order valence-electron chi connectivity index (χ3n) is 3.03. The van der Waals surface area contributed by atoms with E-state index in [2.05, 4.69) is 5.92 Å². The molecule has 1 unspecified atom stereocenters. The zero-order valence-corrected chi connectivity index (χ0v) is 10.9. The fourth-order valence-corrected chi connectivity index (χ4v) is 1.93. The van der Waals surface area contributed by atoms with Gasteiger partial charge < -0.3 is 14.9 Å². The number of aromatic carboxylic acids is 2. The molecule has 106 valence electrons. The van der Waals surface area contributed by atoms with Crippen LogP contribution >= 0.6 is 0 Å². The average molecular weight is 284 g/mol. The van der Waals surface area contributed by atoms with Crippen molar-refractivity contribution >= 4 is 11.9 Å². The highest BCUT2D eigenvalue weighted by atomic mass is 16.5. The van der Waals surface area contributed by atoms with E-state index in [1.165, 1.54) is 12.1 Å². The van der Waals surface area contributed by atoms with Crippen LogP contribution in [0.15, 0.2) is 42.5 Å². The minimum atomic E-state index is -1.22. The Bertz CT molecular complexity index is 693. The third-order valence-corrected chi connectivity index (χ3v) is 3.03. The van der Waals surface area contributed by atoms with Crippen LogP contribution in [0.4, 0.5) is 0 Å². The zero-order chi connectivity index (χ0) is 15.5. The summed E-state index contributed by atoms with van der Waals surface area (Å²) in [4.78, 5) is 22.2. The molecule has 2 N–H and O–H groups in total. The molecule has 1 aromatic rings. The van der Waals surface area contributed by atoms with Crippen molar-refractivity contribution in [3.63, 3.8) is 0 Å². The topological polar surface area (TPSA) is 83.8 Å². The molecule has 5 nitrogen and oxygen atoms in total. The number of hydrogen-bond acceptors (Lipinski definition) is 3. The molecule has 0 fully saturated rings. The lowest BCUT2D eigenvalue weighted by Gasteiger charge is -2.27. The maximum Gasteiger partial charge on any atom is 0.339 e. The second-order valence-corrected chi connectivity index (χ2v) is 4.45. The number of rotatable bonds is 4. The molecule has 0 bridgehead atoms. The van der Waals surface area contributed by atoms with Gasteiger partial charge in [-0.2, -0.15) is 0 Å². The largest absolute Gasteiger partial charge is 0.478 e. The van der Waals surface area contributed by atoms with Crippen molar-refractivity contribution in [2.45, 2.75) is 12.0 Å². The summed E-state index contributed by atoms with van der Waals surface area (Å²) in [7, 11) is 0. The molecule has 1 aliphatic carbocycles. The number of carboxylic acid groups (broad SMARTS) is 2. The minimum Gasteiger partial charge on any atom is -0.478 e. The molecule has 1 aliphatic rings. The predicted octanol–water partition coefficient (Wildman–Crippen LogP) is 2.35. The van der Waals surface area contributed by atoms with Gasteiger partial charge in [-0.1, -0.05) is 24.1 Å². The quantitative estimate of drug-likeness (QED) is 0.829. The first-order chi connectivity index (χ1) is 9.97. The van der Waals surface area contributed by atoms with Gasteiger partial charge in [0.25, 0.3) is 0 Å². The van der Waals surface area contributed by atoms with Gasteiger partial charge in [0.15, 0.2) is 5.60 Å². The van der Waals surface area contributed by atoms with Crippen molar-refractivity contribution in [3.8, 4) is 18.1 Å². The van der Waals surface area contributed by atoms with E-state index in [0.717, 1.165) is 6.07 Å². The third kappa shape index (κ3) is 2.95. The predicted molar refractivity (Wildman–Crippen MR) is 75.4 cm³/mol. The van der Waals surface area contributed by atoms with Crippen LogP contribution in [0, 0.1) is 12.3 Å². The van der Waals surface area contributed by atoms with Crippen LogP contribution in [0.25, 0.3) is 0 Å². The highest BCUT2D eigenvalue weighted by Gasteiger charge is 2.29. The number of ether oxygens (including phenoxy) is 1. The summed E-state index contributed by atoms with van der Waals surface area (Å²) in [5, 5.41) is 18.2. The van der Waals surface area contributed by atoms with Crippen molar-refractivity contribution in [3.05, 3.63) is 53.6 Å². The van der Waals surface area contributed by atoms with Crippen LogP contribution in [0.2, 0.25) is 0 Å². The monoisotopic (exact) mass is 284 g/mol. The van der Waals surface area contributed by atoms with Crippen LogP contribution in [0.5, 0.6) is 5.75 Å². The van der Waals surface area contributed by atoms with Crippen molar-refractivity contribution in [2.75, 3.05) is 0 Å². The fraction of sp³-hybridized carbons (Fsp3) is 0.125. The van der Waals surface area contributed by atoms with Crippen LogP contribution in [0.1, 0.15) is 27.1 Å². The maximum atomic E-state index is 11.2. The Balaban J connectivity index is 2.46. The number of carboxylic acids is 2. The van der Waals surface area contributed by atoms with Gasteiger partial charge in [0.05, 0.1) is 5.56 Å². The lowest BCUT2D eigenvalue weighted by Crippen LogP contribution is -2.33. The molecule has 0 aliphatic heterocycles. The van der Waals surface area contributed by atoms with Crippen LogP contribution in [-0.4, -0.2) is 27.8 Å². The van der Waals surface area contributed by atoms with Gasteiger partial charge in [-0.15, -0.1) is 6.42 Å². The summed E-state index contributed by atoms with van der Waals surface area (Å²) in [6.45, 7) is 0. The Kier molecular flexibility index (Phi) is 3.81. The van der Waals surface area contributed by atoms with E-state index >= 15 is 0 Å². The number of hydrogen-bond donors (Lipinski definition) is 2. The number of allylic oxidation sites excluding steroid dienone is 2. The summed E-state index contributed by atoms with van der Waals surface area (Å²) in [5.41, 5.74) is -1.33. The molecular weight excluding hydrogens is 272 g/mol. The number of benzene rings is 1.